The summed E-state index contributed by atoms with van der Waals surface area (Å²) in [4.78, 5) is 22.2. The monoisotopic (exact) mass is 420 g/mol. The zero-order chi connectivity index (χ0) is 19.4. The molecule has 0 saturated heterocycles. The van der Waals surface area contributed by atoms with Crippen molar-refractivity contribution in [2.75, 3.05) is 12.4 Å². The average Bonchev–Trinajstić information content (AvgIpc) is 2.54. The molecule has 0 radical (unpaired) electrons. The molecule has 136 valence electrons. The first-order valence-electron chi connectivity index (χ1n) is 7.55. The summed E-state index contributed by atoms with van der Waals surface area (Å²) in [5.41, 5.74) is 2.21. The van der Waals surface area contributed by atoms with Gasteiger partial charge in [0.2, 0.25) is 5.91 Å². The molecule has 0 atom stereocenters. The fourth-order valence-corrected chi connectivity index (χ4v) is 2.97. The van der Waals surface area contributed by atoms with Gasteiger partial charge in [-0.15, -0.1) is 10.2 Å². The third kappa shape index (κ3) is 4.42. The van der Waals surface area contributed by atoms with Crippen molar-refractivity contribution in [3.05, 3.63) is 50.0 Å². The normalized spacial score (nSPS) is 10.8. The Balaban J connectivity index is 2.57. The zero-order valence-electron chi connectivity index (χ0n) is 14.7. The molecule has 0 spiro atoms. The van der Waals surface area contributed by atoms with E-state index < -0.39 is 4.92 Å². The third-order valence-corrected chi connectivity index (χ3v) is 4.07. The lowest BCUT2D eigenvalue weighted by Gasteiger charge is -2.11. The van der Waals surface area contributed by atoms with E-state index in [1.807, 2.05) is 6.92 Å². The van der Waals surface area contributed by atoms with E-state index in [4.69, 9.17) is 4.74 Å². The lowest BCUT2D eigenvalue weighted by molar-refractivity contribution is -0.384. The predicted molar refractivity (Wildman–Crippen MR) is 102 cm³/mol. The molecule has 0 aliphatic heterocycles. The Morgan fingerprint density at radius 1 is 1.23 bits per heavy atom. The van der Waals surface area contributed by atoms with E-state index in [0.29, 0.717) is 21.6 Å². The third-order valence-electron chi connectivity index (χ3n) is 3.47. The van der Waals surface area contributed by atoms with E-state index in [2.05, 4.69) is 31.5 Å². The van der Waals surface area contributed by atoms with Gasteiger partial charge in [-0.2, -0.15) is 0 Å². The summed E-state index contributed by atoms with van der Waals surface area (Å²) in [6.45, 7) is 4.95. The van der Waals surface area contributed by atoms with Gasteiger partial charge in [-0.1, -0.05) is 0 Å². The van der Waals surface area contributed by atoms with Crippen molar-refractivity contribution in [3.8, 4) is 5.75 Å². The number of carbonyl (C=O) groups is 1. The molecule has 0 saturated carbocycles. The maximum absolute atomic E-state index is 11.4. The molecule has 2 aromatic carbocycles. The Bertz CT molecular complexity index is 912. The number of nitrogens with one attached hydrogen (secondary N) is 1. The van der Waals surface area contributed by atoms with Gasteiger partial charge in [0.1, 0.15) is 11.4 Å². The van der Waals surface area contributed by atoms with Crippen molar-refractivity contribution in [2.24, 2.45) is 10.2 Å². The highest BCUT2D eigenvalue weighted by Gasteiger charge is 2.18. The average molecular weight is 421 g/mol. The molecule has 0 bridgehead atoms. The highest BCUT2D eigenvalue weighted by Crippen LogP contribution is 2.39. The van der Waals surface area contributed by atoms with Gasteiger partial charge in [-0.3, -0.25) is 14.9 Å². The van der Waals surface area contributed by atoms with E-state index in [9.17, 15) is 14.9 Å². The molecule has 0 aromatic heterocycles. The van der Waals surface area contributed by atoms with Gasteiger partial charge in [0, 0.05) is 19.1 Å². The van der Waals surface area contributed by atoms with E-state index in [1.165, 1.54) is 20.1 Å². The fourth-order valence-electron chi connectivity index (χ4n) is 2.33. The Hall–Kier alpha value is -2.81. The molecule has 2 aromatic rings. The van der Waals surface area contributed by atoms with Crippen molar-refractivity contribution in [1.82, 2.24) is 0 Å². The minimum absolute atomic E-state index is 0.0916. The summed E-state index contributed by atoms with van der Waals surface area (Å²) in [6, 6.07) is 6.45. The smallest absolute Gasteiger partial charge is 0.298 e. The Morgan fingerprint density at radius 3 is 2.50 bits per heavy atom. The molecule has 0 aliphatic rings. The highest BCUT2D eigenvalue weighted by molar-refractivity contribution is 9.10. The standard InChI is InChI=1S/C17H17BrN4O4/c1-9-5-12(18)17(15(6-9)22(24)25)21-20-14-8-16(26-4)10(2)7-13(14)19-11(3)23/h5-8H,1-4H3,(H,19,23). The number of carbonyl (C=O) groups excluding carboxylic acids is 1. The van der Waals surface area contributed by atoms with Gasteiger partial charge >= 0.3 is 0 Å². The number of hydrogen-bond acceptors (Lipinski definition) is 6. The highest BCUT2D eigenvalue weighted by atomic mass is 79.9. The van der Waals surface area contributed by atoms with Crippen molar-refractivity contribution in [1.29, 1.82) is 0 Å². The first-order chi connectivity index (χ1) is 12.2. The van der Waals surface area contributed by atoms with Gasteiger partial charge in [-0.05, 0) is 53.0 Å². The summed E-state index contributed by atoms with van der Waals surface area (Å²) in [7, 11) is 1.52. The molecule has 2 rings (SSSR count). The van der Waals surface area contributed by atoms with Gasteiger partial charge in [0.15, 0.2) is 5.69 Å². The van der Waals surface area contributed by atoms with Crippen LogP contribution in [0.5, 0.6) is 5.75 Å². The SMILES string of the molecule is COc1cc(N=Nc2c(Br)cc(C)cc2[N+](=O)[O-])c(NC(C)=O)cc1C. The number of aryl methyl sites for hydroxylation is 2. The number of nitro benzene ring substituents is 1. The lowest BCUT2D eigenvalue weighted by Crippen LogP contribution is -2.06. The van der Waals surface area contributed by atoms with Crippen LogP contribution < -0.4 is 10.1 Å². The minimum atomic E-state index is -0.517. The molecule has 8 nitrogen and oxygen atoms in total. The van der Waals surface area contributed by atoms with Crippen LogP contribution in [0, 0.1) is 24.0 Å². The van der Waals surface area contributed by atoms with E-state index in [1.54, 1.807) is 25.1 Å². The van der Waals surface area contributed by atoms with Gasteiger partial charge in [-0.25, -0.2) is 0 Å². The number of anilines is 1. The molecular formula is C17H17BrN4O4. The van der Waals surface area contributed by atoms with Crippen molar-refractivity contribution >= 4 is 44.6 Å². The van der Waals surface area contributed by atoms with Gasteiger partial charge in [0.25, 0.3) is 5.69 Å². The van der Waals surface area contributed by atoms with Crippen LogP contribution in [0.25, 0.3) is 0 Å². The first kappa shape index (κ1) is 19.5. The second-order valence-corrected chi connectivity index (χ2v) is 6.45. The van der Waals surface area contributed by atoms with Crippen molar-refractivity contribution < 1.29 is 14.5 Å². The minimum Gasteiger partial charge on any atom is -0.496 e. The number of ether oxygens (including phenoxy) is 1. The first-order valence-corrected chi connectivity index (χ1v) is 8.34. The number of methoxy groups -OCH3 is 1. The molecule has 1 amide bonds. The number of nitro groups is 1. The number of hydrogen-bond donors (Lipinski definition) is 1. The van der Waals surface area contributed by atoms with E-state index >= 15 is 0 Å². The number of rotatable bonds is 5. The number of amides is 1. The number of halogens is 1. The molecule has 9 heteroatoms. The van der Waals surface area contributed by atoms with Crippen LogP contribution in [-0.4, -0.2) is 17.9 Å². The van der Waals surface area contributed by atoms with E-state index in [0.717, 1.165) is 11.1 Å². The molecule has 0 unspecified atom stereocenters. The van der Waals surface area contributed by atoms with Crippen LogP contribution >= 0.6 is 15.9 Å². The van der Waals surface area contributed by atoms with Crippen LogP contribution in [0.2, 0.25) is 0 Å². The Kier molecular flexibility index (Phi) is 6.04. The molecule has 0 fully saturated rings. The van der Waals surface area contributed by atoms with Crippen LogP contribution in [0.3, 0.4) is 0 Å². The molecular weight excluding hydrogens is 404 g/mol. The lowest BCUT2D eigenvalue weighted by atomic mass is 10.1. The predicted octanol–water partition coefficient (Wildman–Crippen LogP) is 5.36. The maximum Gasteiger partial charge on any atom is 0.298 e. The summed E-state index contributed by atoms with van der Waals surface area (Å²) in [6.07, 6.45) is 0. The topological polar surface area (TPSA) is 106 Å². The van der Waals surface area contributed by atoms with Crippen molar-refractivity contribution in [3.63, 3.8) is 0 Å². The summed E-state index contributed by atoms with van der Waals surface area (Å²) in [5, 5.41) is 22.1. The summed E-state index contributed by atoms with van der Waals surface area (Å²) >= 11 is 3.29. The number of benzene rings is 2. The Labute approximate surface area is 158 Å². The van der Waals surface area contributed by atoms with E-state index in [-0.39, 0.29) is 17.3 Å². The zero-order valence-corrected chi connectivity index (χ0v) is 16.2. The summed E-state index contributed by atoms with van der Waals surface area (Å²) < 4.78 is 5.72. The molecule has 1 N–H and O–H groups in total. The largest absolute Gasteiger partial charge is 0.496 e. The molecule has 26 heavy (non-hydrogen) atoms. The van der Waals surface area contributed by atoms with Gasteiger partial charge in [0.05, 0.1) is 22.2 Å². The van der Waals surface area contributed by atoms with Crippen LogP contribution in [0.15, 0.2) is 39.0 Å². The van der Waals surface area contributed by atoms with Gasteiger partial charge < -0.3 is 10.1 Å². The van der Waals surface area contributed by atoms with Crippen molar-refractivity contribution in [2.45, 2.75) is 20.8 Å². The fraction of sp³-hybridized carbons (Fsp3) is 0.235. The maximum atomic E-state index is 11.4. The Morgan fingerprint density at radius 2 is 1.92 bits per heavy atom. The number of azo groups is 1. The van der Waals surface area contributed by atoms with Crippen LogP contribution in [0.1, 0.15) is 18.1 Å². The molecule has 0 heterocycles. The van der Waals surface area contributed by atoms with Crippen LogP contribution in [-0.2, 0) is 4.79 Å². The molecule has 0 aliphatic carbocycles. The summed E-state index contributed by atoms with van der Waals surface area (Å²) in [5.74, 6) is 0.291. The second-order valence-electron chi connectivity index (χ2n) is 5.59. The van der Waals surface area contributed by atoms with Crippen LogP contribution in [0.4, 0.5) is 22.7 Å². The quantitative estimate of drug-likeness (QED) is 0.399. The second kappa shape index (κ2) is 8.05. The number of nitrogens with zero attached hydrogens (tertiary/aromatic N) is 3.